The summed E-state index contributed by atoms with van der Waals surface area (Å²) in [5, 5.41) is 0.884. The van der Waals surface area contributed by atoms with Crippen molar-refractivity contribution in [1.82, 2.24) is 9.88 Å². The topological polar surface area (TPSA) is 71.7 Å². The Morgan fingerprint density at radius 2 is 2.19 bits per heavy atom. The number of hydrogen-bond acceptors (Lipinski definition) is 6. The Bertz CT molecular complexity index is 513. The number of nitrogen functional groups attached to an aromatic ring is 1. The smallest absolute Gasteiger partial charge is 0.268 e. The molecule has 7 heteroatoms. The minimum atomic E-state index is 0.00518. The number of amides is 1. The van der Waals surface area contributed by atoms with E-state index in [4.69, 9.17) is 10.5 Å². The average molecular weight is 310 g/mol. The SMILES string of the molecule is CCC1COCCN1C(=O)c1sc(N2CCCC2)nc1N. The molecular weight excluding hydrogens is 288 g/mol. The first-order valence-electron chi connectivity index (χ1n) is 7.60. The molecule has 1 aromatic heterocycles. The maximum atomic E-state index is 12.8. The van der Waals surface area contributed by atoms with Gasteiger partial charge in [-0.25, -0.2) is 4.98 Å². The molecule has 0 radical (unpaired) electrons. The quantitative estimate of drug-likeness (QED) is 0.917. The van der Waals surface area contributed by atoms with Gasteiger partial charge in [0.1, 0.15) is 10.7 Å². The van der Waals surface area contributed by atoms with Gasteiger partial charge in [-0.05, 0) is 19.3 Å². The van der Waals surface area contributed by atoms with Crippen LogP contribution in [0.15, 0.2) is 0 Å². The summed E-state index contributed by atoms with van der Waals surface area (Å²) in [6.07, 6.45) is 3.26. The van der Waals surface area contributed by atoms with Crippen molar-refractivity contribution in [2.75, 3.05) is 43.5 Å². The fraction of sp³-hybridized carbons (Fsp3) is 0.714. The van der Waals surface area contributed by atoms with Gasteiger partial charge in [0, 0.05) is 19.6 Å². The second kappa shape index (κ2) is 6.19. The van der Waals surface area contributed by atoms with E-state index in [0.717, 1.165) is 24.6 Å². The molecule has 2 fully saturated rings. The lowest BCUT2D eigenvalue weighted by Crippen LogP contribution is -2.48. The van der Waals surface area contributed by atoms with Gasteiger partial charge in [0.15, 0.2) is 5.13 Å². The van der Waals surface area contributed by atoms with Gasteiger partial charge < -0.3 is 20.3 Å². The zero-order valence-corrected chi connectivity index (χ0v) is 13.2. The minimum absolute atomic E-state index is 0.00518. The Labute approximate surface area is 128 Å². The van der Waals surface area contributed by atoms with Crippen LogP contribution in [0.3, 0.4) is 0 Å². The summed E-state index contributed by atoms with van der Waals surface area (Å²) in [6, 6.07) is 0.142. The molecule has 1 amide bonds. The van der Waals surface area contributed by atoms with Crippen molar-refractivity contribution in [3.05, 3.63) is 4.88 Å². The molecule has 0 aliphatic carbocycles. The maximum absolute atomic E-state index is 12.8. The lowest BCUT2D eigenvalue weighted by Gasteiger charge is -2.34. The van der Waals surface area contributed by atoms with E-state index in [1.807, 2.05) is 4.90 Å². The lowest BCUT2D eigenvalue weighted by atomic mass is 10.1. The summed E-state index contributed by atoms with van der Waals surface area (Å²) in [7, 11) is 0. The van der Waals surface area contributed by atoms with Crippen LogP contribution in [-0.4, -0.2) is 54.7 Å². The number of carbonyl (C=O) groups is 1. The molecule has 2 N–H and O–H groups in total. The molecule has 0 spiro atoms. The number of morpholine rings is 1. The van der Waals surface area contributed by atoms with Crippen LogP contribution >= 0.6 is 11.3 Å². The van der Waals surface area contributed by atoms with Crippen molar-refractivity contribution >= 4 is 28.2 Å². The van der Waals surface area contributed by atoms with Gasteiger partial charge >= 0.3 is 0 Å². The van der Waals surface area contributed by atoms with Crippen LogP contribution in [0.4, 0.5) is 10.9 Å². The highest BCUT2D eigenvalue weighted by Crippen LogP contribution is 2.32. The van der Waals surface area contributed by atoms with Crippen molar-refractivity contribution in [2.24, 2.45) is 0 Å². The molecule has 0 saturated carbocycles. The van der Waals surface area contributed by atoms with Crippen molar-refractivity contribution in [1.29, 1.82) is 0 Å². The Kier molecular flexibility index (Phi) is 4.30. The highest BCUT2D eigenvalue weighted by Gasteiger charge is 2.30. The number of aromatic nitrogens is 1. The zero-order valence-electron chi connectivity index (χ0n) is 12.4. The molecule has 116 valence electrons. The van der Waals surface area contributed by atoms with Gasteiger partial charge in [-0.2, -0.15) is 0 Å². The van der Waals surface area contributed by atoms with E-state index in [2.05, 4.69) is 16.8 Å². The number of ether oxygens (including phenoxy) is 1. The maximum Gasteiger partial charge on any atom is 0.268 e. The van der Waals surface area contributed by atoms with Crippen LogP contribution < -0.4 is 10.6 Å². The van der Waals surface area contributed by atoms with E-state index in [1.54, 1.807) is 0 Å². The normalized spacial score (nSPS) is 22.8. The first kappa shape index (κ1) is 14.6. The first-order valence-corrected chi connectivity index (χ1v) is 8.42. The molecule has 1 atom stereocenters. The predicted octanol–water partition coefficient (Wildman–Crippen LogP) is 1.58. The largest absolute Gasteiger partial charge is 0.382 e. The van der Waals surface area contributed by atoms with Gasteiger partial charge in [-0.3, -0.25) is 4.79 Å². The molecule has 2 aliphatic heterocycles. The van der Waals surface area contributed by atoms with E-state index < -0.39 is 0 Å². The standard InChI is InChI=1S/C14H22N4O2S/c1-2-10-9-20-8-7-18(10)13(19)11-12(15)16-14(21-11)17-5-3-4-6-17/h10H,2-9,15H2,1H3. The molecule has 0 bridgehead atoms. The van der Waals surface area contributed by atoms with Crippen molar-refractivity contribution < 1.29 is 9.53 Å². The van der Waals surface area contributed by atoms with Crippen molar-refractivity contribution in [2.45, 2.75) is 32.2 Å². The van der Waals surface area contributed by atoms with Crippen molar-refractivity contribution in [3.8, 4) is 0 Å². The molecule has 1 aromatic rings. The molecule has 2 aliphatic rings. The Hall–Kier alpha value is -1.34. The van der Waals surface area contributed by atoms with Gasteiger partial charge in [0.2, 0.25) is 0 Å². The fourth-order valence-corrected chi connectivity index (χ4v) is 3.90. The Morgan fingerprint density at radius 3 is 2.90 bits per heavy atom. The molecule has 0 aromatic carbocycles. The number of carbonyl (C=O) groups excluding carboxylic acids is 1. The third-order valence-electron chi connectivity index (χ3n) is 4.17. The number of rotatable bonds is 3. The number of hydrogen-bond donors (Lipinski definition) is 1. The van der Waals surface area contributed by atoms with E-state index in [-0.39, 0.29) is 11.9 Å². The molecule has 6 nitrogen and oxygen atoms in total. The molecule has 1 unspecified atom stereocenters. The van der Waals surface area contributed by atoms with E-state index >= 15 is 0 Å². The van der Waals surface area contributed by atoms with Crippen molar-refractivity contribution in [3.63, 3.8) is 0 Å². The first-order chi connectivity index (χ1) is 10.2. The second-order valence-corrected chi connectivity index (χ2v) is 6.52. The van der Waals surface area contributed by atoms with E-state index in [9.17, 15) is 4.79 Å². The molecule has 2 saturated heterocycles. The number of nitrogens with two attached hydrogens (primary N) is 1. The highest BCUT2D eigenvalue weighted by atomic mass is 32.1. The van der Waals surface area contributed by atoms with Crippen LogP contribution in [0.5, 0.6) is 0 Å². The van der Waals surface area contributed by atoms with Gasteiger partial charge in [0.25, 0.3) is 5.91 Å². The number of anilines is 2. The van der Waals surface area contributed by atoms with Crippen LogP contribution in [-0.2, 0) is 4.74 Å². The van der Waals surface area contributed by atoms with Crippen LogP contribution in [0.2, 0.25) is 0 Å². The molecule has 3 heterocycles. The van der Waals surface area contributed by atoms with Crippen LogP contribution in [0.1, 0.15) is 35.9 Å². The van der Waals surface area contributed by atoms with E-state index in [0.29, 0.717) is 30.5 Å². The monoisotopic (exact) mass is 310 g/mol. The highest BCUT2D eigenvalue weighted by molar-refractivity contribution is 7.18. The van der Waals surface area contributed by atoms with Crippen LogP contribution in [0, 0.1) is 0 Å². The molecular formula is C14H22N4O2S. The summed E-state index contributed by atoms with van der Waals surface area (Å²) < 4.78 is 5.46. The lowest BCUT2D eigenvalue weighted by molar-refractivity contribution is -0.00249. The fourth-order valence-electron chi connectivity index (χ4n) is 2.91. The minimum Gasteiger partial charge on any atom is -0.382 e. The summed E-state index contributed by atoms with van der Waals surface area (Å²) >= 11 is 1.43. The van der Waals surface area contributed by atoms with Gasteiger partial charge in [-0.1, -0.05) is 18.3 Å². The molecule has 21 heavy (non-hydrogen) atoms. The summed E-state index contributed by atoms with van der Waals surface area (Å²) in [4.78, 5) is 21.9. The zero-order chi connectivity index (χ0) is 14.8. The van der Waals surface area contributed by atoms with Crippen LogP contribution in [0.25, 0.3) is 0 Å². The summed E-state index contributed by atoms with van der Waals surface area (Å²) in [6.45, 7) is 5.93. The second-order valence-electron chi connectivity index (χ2n) is 5.54. The number of nitrogens with zero attached hydrogens (tertiary/aromatic N) is 3. The van der Waals surface area contributed by atoms with E-state index in [1.165, 1.54) is 24.2 Å². The summed E-state index contributed by atoms with van der Waals surface area (Å²) in [5.41, 5.74) is 6.00. The third kappa shape index (κ3) is 2.85. The number of thiazole rings is 1. The Morgan fingerprint density at radius 1 is 1.43 bits per heavy atom. The van der Waals surface area contributed by atoms with Gasteiger partial charge in [-0.15, -0.1) is 0 Å². The molecule has 3 rings (SSSR count). The predicted molar refractivity (Wildman–Crippen MR) is 83.9 cm³/mol. The van der Waals surface area contributed by atoms with Gasteiger partial charge in [0.05, 0.1) is 19.3 Å². The average Bonchev–Trinajstić information content (AvgIpc) is 3.15. The third-order valence-corrected chi connectivity index (χ3v) is 5.29. The Balaban J connectivity index is 1.80. The summed E-state index contributed by atoms with van der Waals surface area (Å²) in [5.74, 6) is 0.374.